The SMILES string of the molecule is O=C(c1ccccc1OC(F)F)N1CCN(S(=O)(=O)C=Cc2ccccc2)CC1. The lowest BCUT2D eigenvalue weighted by Gasteiger charge is -2.33. The molecule has 0 bridgehead atoms. The molecular formula is C20H20F2N2O4S. The number of rotatable bonds is 6. The summed E-state index contributed by atoms with van der Waals surface area (Å²) >= 11 is 0. The molecule has 1 amide bonds. The largest absolute Gasteiger partial charge is 0.434 e. The molecule has 0 N–H and O–H groups in total. The fraction of sp³-hybridized carbons (Fsp3) is 0.250. The van der Waals surface area contributed by atoms with Crippen molar-refractivity contribution in [2.24, 2.45) is 0 Å². The molecule has 3 rings (SSSR count). The van der Waals surface area contributed by atoms with Gasteiger partial charge in [-0.3, -0.25) is 4.79 Å². The Morgan fingerprint density at radius 3 is 2.24 bits per heavy atom. The number of ether oxygens (including phenoxy) is 1. The second-order valence-electron chi connectivity index (χ2n) is 6.32. The Hall–Kier alpha value is -2.78. The minimum atomic E-state index is -3.63. The molecule has 29 heavy (non-hydrogen) atoms. The highest BCUT2D eigenvalue weighted by Gasteiger charge is 2.29. The number of amides is 1. The fourth-order valence-electron chi connectivity index (χ4n) is 2.97. The number of benzene rings is 2. The van der Waals surface area contributed by atoms with Gasteiger partial charge in [-0.15, -0.1) is 0 Å². The average Bonchev–Trinajstić information content (AvgIpc) is 2.73. The highest BCUT2D eigenvalue weighted by atomic mass is 32.2. The van der Waals surface area contributed by atoms with Crippen molar-refractivity contribution in [2.75, 3.05) is 26.2 Å². The minimum absolute atomic E-state index is 0.0214. The van der Waals surface area contributed by atoms with Gasteiger partial charge in [0.2, 0.25) is 10.0 Å². The Balaban J connectivity index is 1.64. The molecule has 1 aliphatic heterocycles. The molecule has 1 heterocycles. The van der Waals surface area contributed by atoms with Crippen LogP contribution in [0, 0.1) is 0 Å². The summed E-state index contributed by atoms with van der Waals surface area (Å²) < 4.78 is 55.8. The van der Waals surface area contributed by atoms with E-state index in [9.17, 15) is 22.0 Å². The number of piperazine rings is 1. The summed E-state index contributed by atoms with van der Waals surface area (Å²) in [4.78, 5) is 14.1. The van der Waals surface area contributed by atoms with Gasteiger partial charge in [0.25, 0.3) is 5.91 Å². The van der Waals surface area contributed by atoms with E-state index < -0.39 is 22.5 Å². The van der Waals surface area contributed by atoms with Crippen LogP contribution in [0.4, 0.5) is 8.78 Å². The van der Waals surface area contributed by atoms with Crippen molar-refractivity contribution in [3.8, 4) is 5.75 Å². The maximum absolute atomic E-state index is 12.7. The maximum atomic E-state index is 12.7. The van der Waals surface area contributed by atoms with Crippen LogP contribution < -0.4 is 4.74 Å². The number of hydrogen-bond acceptors (Lipinski definition) is 4. The van der Waals surface area contributed by atoms with Gasteiger partial charge in [0, 0.05) is 31.6 Å². The molecular weight excluding hydrogens is 402 g/mol. The van der Waals surface area contributed by atoms with Crippen LogP contribution in [0.5, 0.6) is 5.75 Å². The summed E-state index contributed by atoms with van der Waals surface area (Å²) in [7, 11) is -3.63. The molecule has 1 fully saturated rings. The van der Waals surface area contributed by atoms with Crippen LogP contribution in [0.25, 0.3) is 6.08 Å². The van der Waals surface area contributed by atoms with Crippen molar-refractivity contribution in [3.63, 3.8) is 0 Å². The number of sulfonamides is 1. The van der Waals surface area contributed by atoms with E-state index in [2.05, 4.69) is 4.74 Å². The summed E-state index contributed by atoms with van der Waals surface area (Å²) in [6, 6.07) is 14.8. The summed E-state index contributed by atoms with van der Waals surface area (Å²) in [6.07, 6.45) is 1.52. The molecule has 9 heteroatoms. The number of alkyl halides is 2. The second-order valence-corrected chi connectivity index (χ2v) is 8.14. The molecule has 0 unspecified atom stereocenters. The van der Waals surface area contributed by atoms with E-state index in [4.69, 9.17) is 0 Å². The fourth-order valence-corrected chi connectivity index (χ4v) is 4.15. The van der Waals surface area contributed by atoms with E-state index >= 15 is 0 Å². The van der Waals surface area contributed by atoms with E-state index in [1.807, 2.05) is 18.2 Å². The summed E-state index contributed by atoms with van der Waals surface area (Å²) in [5.41, 5.74) is 0.786. The third-order valence-corrected chi connectivity index (χ3v) is 6.02. The van der Waals surface area contributed by atoms with Gasteiger partial charge >= 0.3 is 6.61 Å². The highest BCUT2D eigenvalue weighted by Crippen LogP contribution is 2.23. The lowest BCUT2D eigenvalue weighted by Crippen LogP contribution is -2.50. The zero-order valence-electron chi connectivity index (χ0n) is 15.4. The van der Waals surface area contributed by atoms with Gasteiger partial charge in [-0.25, -0.2) is 8.42 Å². The van der Waals surface area contributed by atoms with Crippen LogP contribution in [0.3, 0.4) is 0 Å². The summed E-state index contributed by atoms with van der Waals surface area (Å²) in [6.45, 7) is -2.50. The van der Waals surface area contributed by atoms with Gasteiger partial charge < -0.3 is 9.64 Å². The molecule has 154 valence electrons. The van der Waals surface area contributed by atoms with Crippen LogP contribution in [0.1, 0.15) is 15.9 Å². The maximum Gasteiger partial charge on any atom is 0.387 e. The van der Waals surface area contributed by atoms with Crippen molar-refractivity contribution >= 4 is 22.0 Å². The van der Waals surface area contributed by atoms with Crippen molar-refractivity contribution in [2.45, 2.75) is 6.61 Å². The number of halogens is 2. The molecule has 0 atom stereocenters. The predicted octanol–water partition coefficient (Wildman–Crippen LogP) is 3.05. The normalized spacial score (nSPS) is 15.8. The van der Waals surface area contributed by atoms with Gasteiger partial charge in [0.05, 0.1) is 5.56 Å². The number of hydrogen-bond donors (Lipinski definition) is 0. The Labute approximate surface area is 168 Å². The Kier molecular flexibility index (Phi) is 6.60. The van der Waals surface area contributed by atoms with Crippen LogP contribution in [0.2, 0.25) is 0 Å². The van der Waals surface area contributed by atoms with E-state index in [0.717, 1.165) is 11.0 Å². The lowest BCUT2D eigenvalue weighted by atomic mass is 10.1. The molecule has 0 aromatic heterocycles. The molecule has 1 aliphatic rings. The smallest absolute Gasteiger partial charge is 0.387 e. The third-order valence-electron chi connectivity index (χ3n) is 4.45. The lowest BCUT2D eigenvalue weighted by molar-refractivity contribution is -0.0503. The number of para-hydroxylation sites is 1. The van der Waals surface area contributed by atoms with Crippen molar-refractivity contribution in [1.29, 1.82) is 0 Å². The highest BCUT2D eigenvalue weighted by molar-refractivity contribution is 7.92. The van der Waals surface area contributed by atoms with Crippen LogP contribution in [0.15, 0.2) is 60.0 Å². The third kappa shape index (κ3) is 5.39. The summed E-state index contributed by atoms with van der Waals surface area (Å²) in [5, 5.41) is 1.14. The average molecular weight is 422 g/mol. The molecule has 2 aromatic carbocycles. The van der Waals surface area contributed by atoms with Gasteiger partial charge in [-0.2, -0.15) is 13.1 Å². The minimum Gasteiger partial charge on any atom is -0.434 e. The topological polar surface area (TPSA) is 66.9 Å². The first-order valence-electron chi connectivity index (χ1n) is 8.93. The van der Waals surface area contributed by atoms with E-state index in [1.54, 1.807) is 18.2 Å². The van der Waals surface area contributed by atoms with Gasteiger partial charge in [-0.05, 0) is 23.8 Å². The molecule has 2 aromatic rings. The van der Waals surface area contributed by atoms with E-state index in [0.29, 0.717) is 0 Å². The monoisotopic (exact) mass is 422 g/mol. The van der Waals surface area contributed by atoms with Gasteiger partial charge in [-0.1, -0.05) is 42.5 Å². The zero-order chi connectivity index (χ0) is 20.9. The predicted molar refractivity (Wildman–Crippen MR) is 105 cm³/mol. The first-order valence-corrected chi connectivity index (χ1v) is 10.4. The Bertz CT molecular complexity index is 973. The van der Waals surface area contributed by atoms with Crippen molar-refractivity contribution < 1.29 is 26.7 Å². The standard InChI is InChI=1S/C20H20F2N2O4S/c21-20(22)28-18-9-5-4-8-17(18)19(25)23-11-13-24(14-12-23)29(26,27)15-10-16-6-2-1-3-7-16/h1-10,15,20H,11-14H2. The molecule has 0 spiro atoms. The van der Waals surface area contributed by atoms with Crippen molar-refractivity contribution in [1.82, 2.24) is 9.21 Å². The van der Waals surface area contributed by atoms with Crippen LogP contribution in [-0.2, 0) is 10.0 Å². The van der Waals surface area contributed by atoms with Crippen LogP contribution in [-0.4, -0.2) is 56.3 Å². The quantitative estimate of drug-likeness (QED) is 0.718. The first kappa shape index (κ1) is 20.9. The molecule has 0 saturated carbocycles. The first-order chi connectivity index (χ1) is 13.9. The Morgan fingerprint density at radius 2 is 1.59 bits per heavy atom. The van der Waals surface area contributed by atoms with E-state index in [-0.39, 0.29) is 37.5 Å². The Morgan fingerprint density at radius 1 is 0.966 bits per heavy atom. The number of carbonyl (C=O) groups is 1. The van der Waals surface area contributed by atoms with Gasteiger partial charge in [0.1, 0.15) is 5.75 Å². The zero-order valence-corrected chi connectivity index (χ0v) is 16.3. The summed E-state index contributed by atoms with van der Waals surface area (Å²) in [5.74, 6) is -0.675. The van der Waals surface area contributed by atoms with Gasteiger partial charge in [0.15, 0.2) is 0 Å². The molecule has 1 saturated heterocycles. The second kappa shape index (κ2) is 9.15. The number of nitrogens with zero attached hydrogens (tertiary/aromatic N) is 2. The molecule has 6 nitrogen and oxygen atoms in total. The van der Waals surface area contributed by atoms with Crippen LogP contribution >= 0.6 is 0 Å². The number of carbonyl (C=O) groups excluding carboxylic acids is 1. The molecule has 0 aliphatic carbocycles. The van der Waals surface area contributed by atoms with E-state index in [1.165, 1.54) is 33.5 Å². The molecule has 0 radical (unpaired) electrons. The van der Waals surface area contributed by atoms with Crippen molar-refractivity contribution in [3.05, 3.63) is 71.1 Å².